The van der Waals surface area contributed by atoms with Crippen LogP contribution in [0.15, 0.2) is 180 Å². The third-order valence-electron chi connectivity index (χ3n) is 10.4. The molecule has 0 spiro atoms. The number of nitrogens with zero attached hydrogens (tertiary/aromatic N) is 3. The van der Waals surface area contributed by atoms with Crippen molar-refractivity contribution >= 4 is 65.4 Å². The predicted molar refractivity (Wildman–Crippen MR) is 215 cm³/mol. The summed E-state index contributed by atoms with van der Waals surface area (Å²) in [7, 11) is 0. The zero-order chi connectivity index (χ0) is 34.2. The predicted octanol–water partition coefficient (Wildman–Crippen LogP) is 12.8. The Morgan fingerprint density at radius 1 is 0.442 bits per heavy atom. The topological polar surface area (TPSA) is 43.9 Å². The molecule has 0 aliphatic carbocycles. The molecule has 4 heteroatoms. The van der Waals surface area contributed by atoms with Gasteiger partial charge in [0.25, 0.3) is 0 Å². The normalized spacial score (nSPS) is 11.8. The van der Waals surface area contributed by atoms with Crippen LogP contribution < -0.4 is 0 Å². The second-order valence-electron chi connectivity index (χ2n) is 13.4. The molecular weight excluding hydrogens is 635 g/mol. The zero-order valence-electron chi connectivity index (χ0n) is 28.0. The minimum atomic E-state index is 0.710. The summed E-state index contributed by atoms with van der Waals surface area (Å²) in [5.41, 5.74) is 11.3. The highest BCUT2D eigenvalue weighted by atomic mass is 16.3. The summed E-state index contributed by atoms with van der Waals surface area (Å²) in [6, 6.07) is 61.9. The van der Waals surface area contributed by atoms with E-state index in [9.17, 15) is 0 Å². The number of aromatic nitrogens is 3. The monoisotopic (exact) mass is 663 g/mol. The summed E-state index contributed by atoms with van der Waals surface area (Å²) in [4.78, 5) is 10.1. The van der Waals surface area contributed by atoms with Gasteiger partial charge in [0, 0.05) is 49.3 Å². The maximum atomic E-state index is 6.47. The lowest BCUT2D eigenvalue weighted by atomic mass is 9.99. The Hall–Kier alpha value is -7.04. The number of fused-ring (bicyclic) bond motifs is 9. The van der Waals surface area contributed by atoms with Gasteiger partial charge in [-0.1, -0.05) is 121 Å². The van der Waals surface area contributed by atoms with Gasteiger partial charge in [0.15, 0.2) is 5.82 Å². The highest BCUT2D eigenvalue weighted by molar-refractivity contribution is 6.22. The Kier molecular flexibility index (Phi) is 6.22. The number of hydrogen-bond donors (Lipinski definition) is 0. The van der Waals surface area contributed by atoms with Gasteiger partial charge in [-0.05, 0) is 70.9 Å². The van der Waals surface area contributed by atoms with Crippen LogP contribution in [0.3, 0.4) is 0 Å². The fraction of sp³-hybridized carbons (Fsp3) is 0. The van der Waals surface area contributed by atoms with Crippen molar-refractivity contribution in [3.05, 3.63) is 176 Å². The van der Waals surface area contributed by atoms with Crippen LogP contribution in [0.1, 0.15) is 0 Å². The molecule has 0 unspecified atom stereocenters. The molecule has 0 bridgehead atoms. The Bertz CT molecular complexity index is 3170. The fourth-order valence-electron chi connectivity index (χ4n) is 7.99. The molecule has 0 aliphatic heterocycles. The van der Waals surface area contributed by atoms with E-state index in [2.05, 4.69) is 150 Å². The third kappa shape index (κ3) is 4.34. The van der Waals surface area contributed by atoms with E-state index in [1.54, 1.807) is 0 Å². The molecule has 242 valence electrons. The van der Waals surface area contributed by atoms with Gasteiger partial charge in [0.1, 0.15) is 11.2 Å². The molecule has 52 heavy (non-hydrogen) atoms. The number of para-hydroxylation sites is 3. The average Bonchev–Trinajstić information content (AvgIpc) is 3.77. The number of hydrogen-bond acceptors (Lipinski definition) is 3. The first kappa shape index (κ1) is 28.8. The largest absolute Gasteiger partial charge is 0.455 e. The molecular formula is C48H29N3O. The average molecular weight is 664 g/mol. The first-order valence-corrected chi connectivity index (χ1v) is 17.6. The molecule has 0 fully saturated rings. The van der Waals surface area contributed by atoms with Crippen molar-refractivity contribution in [1.29, 1.82) is 0 Å². The molecule has 0 atom stereocenters. The summed E-state index contributed by atoms with van der Waals surface area (Å²) in [6.07, 6.45) is 0. The van der Waals surface area contributed by atoms with E-state index in [-0.39, 0.29) is 0 Å². The lowest BCUT2D eigenvalue weighted by molar-refractivity contribution is 0.670. The van der Waals surface area contributed by atoms with Gasteiger partial charge in [-0.3, -0.25) is 0 Å². The summed E-state index contributed by atoms with van der Waals surface area (Å²) in [6.45, 7) is 0. The van der Waals surface area contributed by atoms with Crippen LogP contribution in [0.25, 0.3) is 105 Å². The Balaban J connectivity index is 1.10. The van der Waals surface area contributed by atoms with E-state index in [0.717, 1.165) is 77.5 Å². The van der Waals surface area contributed by atoms with E-state index < -0.39 is 0 Å². The first-order valence-electron chi connectivity index (χ1n) is 17.6. The standard InChI is InChI=1S/C48H29N3O/c1-2-12-31(13-3-1)46-39-16-6-8-19-41(39)49-48(50-46)32-21-25-34(26-22-32)51-42-27-24-33(29-40(42)45-35-14-5-4-11-30(35)23-28-43(45)51)36-17-10-18-38-37-15-7-9-20-44(37)52-47(36)38/h1-29H. The van der Waals surface area contributed by atoms with Gasteiger partial charge < -0.3 is 8.98 Å². The van der Waals surface area contributed by atoms with E-state index in [0.29, 0.717) is 5.82 Å². The summed E-state index contributed by atoms with van der Waals surface area (Å²) >= 11 is 0. The molecule has 8 aromatic carbocycles. The van der Waals surface area contributed by atoms with E-state index in [4.69, 9.17) is 14.4 Å². The van der Waals surface area contributed by atoms with Crippen molar-refractivity contribution in [3.63, 3.8) is 0 Å². The highest BCUT2D eigenvalue weighted by Gasteiger charge is 2.19. The minimum absolute atomic E-state index is 0.710. The minimum Gasteiger partial charge on any atom is -0.455 e. The maximum Gasteiger partial charge on any atom is 0.160 e. The van der Waals surface area contributed by atoms with Crippen LogP contribution in [0.4, 0.5) is 0 Å². The van der Waals surface area contributed by atoms with E-state index in [1.165, 1.54) is 21.5 Å². The van der Waals surface area contributed by atoms with Crippen LogP contribution in [-0.4, -0.2) is 14.5 Å². The number of benzene rings is 8. The lowest BCUT2D eigenvalue weighted by Crippen LogP contribution is -1.97. The Morgan fingerprint density at radius 3 is 2.04 bits per heavy atom. The van der Waals surface area contributed by atoms with Crippen LogP contribution in [-0.2, 0) is 0 Å². The van der Waals surface area contributed by atoms with Crippen molar-refractivity contribution < 1.29 is 4.42 Å². The van der Waals surface area contributed by atoms with Crippen molar-refractivity contribution in [1.82, 2.24) is 14.5 Å². The fourth-order valence-corrected chi connectivity index (χ4v) is 7.99. The molecule has 0 radical (unpaired) electrons. The molecule has 3 aromatic heterocycles. The smallest absolute Gasteiger partial charge is 0.160 e. The number of rotatable bonds is 4. The molecule has 11 aromatic rings. The summed E-state index contributed by atoms with van der Waals surface area (Å²) < 4.78 is 8.85. The highest BCUT2D eigenvalue weighted by Crippen LogP contribution is 2.41. The van der Waals surface area contributed by atoms with E-state index in [1.807, 2.05) is 30.3 Å². The number of furan rings is 1. The van der Waals surface area contributed by atoms with Crippen LogP contribution in [0.2, 0.25) is 0 Å². The summed E-state index contributed by atoms with van der Waals surface area (Å²) in [5.74, 6) is 0.710. The van der Waals surface area contributed by atoms with Crippen molar-refractivity contribution in [2.75, 3.05) is 0 Å². The van der Waals surface area contributed by atoms with E-state index >= 15 is 0 Å². The van der Waals surface area contributed by atoms with Gasteiger partial charge >= 0.3 is 0 Å². The van der Waals surface area contributed by atoms with Crippen LogP contribution in [0.5, 0.6) is 0 Å². The van der Waals surface area contributed by atoms with Crippen molar-refractivity contribution in [2.24, 2.45) is 0 Å². The zero-order valence-corrected chi connectivity index (χ0v) is 28.0. The molecule has 0 saturated carbocycles. The van der Waals surface area contributed by atoms with Gasteiger partial charge in [-0.15, -0.1) is 0 Å². The van der Waals surface area contributed by atoms with Gasteiger partial charge in [0.2, 0.25) is 0 Å². The Morgan fingerprint density at radius 2 is 1.15 bits per heavy atom. The van der Waals surface area contributed by atoms with Crippen molar-refractivity contribution in [3.8, 4) is 39.5 Å². The molecule has 0 amide bonds. The third-order valence-corrected chi connectivity index (χ3v) is 10.4. The summed E-state index contributed by atoms with van der Waals surface area (Å²) in [5, 5.41) is 8.20. The van der Waals surface area contributed by atoms with Crippen LogP contribution >= 0.6 is 0 Å². The van der Waals surface area contributed by atoms with Crippen LogP contribution in [0, 0.1) is 0 Å². The SMILES string of the molecule is c1ccc(-c2nc(-c3ccc(-n4c5ccc(-c6cccc7c6oc6ccccc67)cc5c5c6ccccc6ccc54)cc3)nc3ccccc23)cc1. The second kappa shape index (κ2) is 11.2. The van der Waals surface area contributed by atoms with Gasteiger partial charge in [-0.25, -0.2) is 9.97 Å². The second-order valence-corrected chi connectivity index (χ2v) is 13.4. The Labute approximate surface area is 298 Å². The molecule has 4 nitrogen and oxygen atoms in total. The quantitative estimate of drug-likeness (QED) is 0.188. The first-order chi connectivity index (χ1) is 25.8. The molecule has 0 N–H and O–H groups in total. The molecule has 0 aliphatic rings. The van der Waals surface area contributed by atoms with Gasteiger partial charge in [-0.2, -0.15) is 0 Å². The molecule has 0 saturated heterocycles. The molecule has 3 heterocycles. The lowest BCUT2D eigenvalue weighted by Gasteiger charge is -2.11. The molecule has 11 rings (SSSR count). The maximum absolute atomic E-state index is 6.47. The van der Waals surface area contributed by atoms with Gasteiger partial charge in [0.05, 0.1) is 22.2 Å². The van der Waals surface area contributed by atoms with Crippen molar-refractivity contribution in [2.45, 2.75) is 0 Å².